The summed E-state index contributed by atoms with van der Waals surface area (Å²) in [4.78, 5) is 4.66. The molecule has 0 spiro atoms. The summed E-state index contributed by atoms with van der Waals surface area (Å²) in [6, 6.07) is 9.88. The predicted octanol–water partition coefficient (Wildman–Crippen LogP) is 4.32. The Balaban J connectivity index is 2.30. The van der Waals surface area contributed by atoms with E-state index in [9.17, 15) is 5.11 Å². The normalized spacial score (nSPS) is 12.8. The van der Waals surface area contributed by atoms with Crippen LogP contribution in [0.3, 0.4) is 0 Å². The second kappa shape index (κ2) is 5.17. The number of hydrogen-bond acceptors (Lipinski definition) is 2. The van der Waals surface area contributed by atoms with E-state index in [1.165, 1.54) is 11.1 Å². The van der Waals surface area contributed by atoms with E-state index in [1.807, 2.05) is 16.5 Å². The van der Waals surface area contributed by atoms with Crippen molar-refractivity contribution in [3.05, 3.63) is 58.4 Å². The van der Waals surface area contributed by atoms with Crippen molar-refractivity contribution in [2.75, 3.05) is 0 Å². The topological polar surface area (TPSA) is 37.5 Å². The van der Waals surface area contributed by atoms with Crippen LogP contribution in [0.5, 0.6) is 0 Å². The number of rotatable bonds is 2. The Kier molecular flexibility index (Phi) is 3.47. The third-order valence-electron chi connectivity index (χ3n) is 3.80. The summed E-state index contributed by atoms with van der Waals surface area (Å²) in [5, 5.41) is 10.8. The van der Waals surface area contributed by atoms with Gasteiger partial charge in [-0.25, -0.2) is 4.98 Å². The number of imidazole rings is 1. The minimum absolute atomic E-state index is 0.619. The molecule has 0 aliphatic heterocycles. The number of fused-ring (bicyclic) bond motifs is 1. The maximum atomic E-state index is 10.2. The lowest BCUT2D eigenvalue weighted by atomic mass is 10.0. The Labute approximate surface area is 128 Å². The van der Waals surface area contributed by atoms with Gasteiger partial charge in [-0.1, -0.05) is 23.7 Å². The Bertz CT molecular complexity index is 821. The first kappa shape index (κ1) is 14.1. The second-order valence-electron chi connectivity index (χ2n) is 5.40. The first-order valence-corrected chi connectivity index (χ1v) is 7.28. The van der Waals surface area contributed by atoms with Crippen LogP contribution in [0, 0.1) is 13.8 Å². The van der Waals surface area contributed by atoms with Crippen molar-refractivity contribution in [3.63, 3.8) is 0 Å². The smallest absolute Gasteiger partial charge is 0.137 e. The molecule has 0 saturated heterocycles. The molecule has 0 saturated carbocycles. The van der Waals surface area contributed by atoms with E-state index in [1.54, 1.807) is 19.2 Å². The first-order chi connectivity index (χ1) is 9.97. The zero-order chi connectivity index (χ0) is 15.1. The Morgan fingerprint density at radius 2 is 1.90 bits per heavy atom. The number of benzene rings is 1. The van der Waals surface area contributed by atoms with Crippen molar-refractivity contribution in [1.29, 1.82) is 0 Å². The molecule has 0 radical (unpaired) electrons. The van der Waals surface area contributed by atoms with Crippen LogP contribution in [0.4, 0.5) is 0 Å². The molecule has 0 amide bonds. The Morgan fingerprint density at radius 1 is 1.14 bits per heavy atom. The largest absolute Gasteiger partial charge is 0.387 e. The second-order valence-corrected chi connectivity index (χ2v) is 5.83. The molecule has 1 aromatic carbocycles. The molecule has 0 aliphatic carbocycles. The third kappa shape index (κ3) is 2.43. The van der Waals surface area contributed by atoms with Gasteiger partial charge in [0.05, 0.1) is 22.5 Å². The maximum Gasteiger partial charge on any atom is 0.137 e. The Hall–Kier alpha value is -1.84. The van der Waals surface area contributed by atoms with Crippen LogP contribution in [0.15, 0.2) is 36.5 Å². The number of pyridine rings is 1. The fourth-order valence-electron chi connectivity index (χ4n) is 2.54. The van der Waals surface area contributed by atoms with Crippen LogP contribution in [0.2, 0.25) is 5.02 Å². The SMILES string of the molecule is Cc1ccc(-c2nc3ccc(Cl)cn3c2C(C)O)cc1C. The van der Waals surface area contributed by atoms with Crippen LogP contribution in [-0.2, 0) is 0 Å². The molecule has 3 rings (SSSR count). The highest BCUT2D eigenvalue weighted by Gasteiger charge is 2.18. The Morgan fingerprint density at radius 3 is 2.57 bits per heavy atom. The predicted molar refractivity (Wildman–Crippen MR) is 85.7 cm³/mol. The van der Waals surface area contributed by atoms with Gasteiger partial charge in [0, 0.05) is 11.8 Å². The average Bonchev–Trinajstić information content (AvgIpc) is 2.80. The van der Waals surface area contributed by atoms with E-state index in [0.29, 0.717) is 5.02 Å². The molecule has 3 aromatic rings. The highest BCUT2D eigenvalue weighted by Crippen LogP contribution is 2.30. The van der Waals surface area contributed by atoms with E-state index in [-0.39, 0.29) is 0 Å². The monoisotopic (exact) mass is 300 g/mol. The van der Waals surface area contributed by atoms with Gasteiger partial charge < -0.3 is 5.11 Å². The summed E-state index contributed by atoms with van der Waals surface area (Å²) in [6.07, 6.45) is 1.16. The molecule has 0 bridgehead atoms. The van der Waals surface area contributed by atoms with Crippen molar-refractivity contribution in [3.8, 4) is 11.3 Å². The van der Waals surface area contributed by atoms with Crippen molar-refractivity contribution in [2.45, 2.75) is 26.9 Å². The molecule has 2 aromatic heterocycles. The van der Waals surface area contributed by atoms with E-state index >= 15 is 0 Å². The summed E-state index contributed by atoms with van der Waals surface area (Å²) in [6.45, 7) is 5.90. The number of aromatic nitrogens is 2. The van der Waals surface area contributed by atoms with E-state index in [4.69, 9.17) is 11.6 Å². The number of nitrogens with zero attached hydrogens (tertiary/aromatic N) is 2. The van der Waals surface area contributed by atoms with Crippen LogP contribution in [0.25, 0.3) is 16.9 Å². The van der Waals surface area contributed by atoms with Crippen molar-refractivity contribution < 1.29 is 5.11 Å². The number of hydrogen-bond donors (Lipinski definition) is 1. The van der Waals surface area contributed by atoms with Crippen LogP contribution in [0.1, 0.15) is 29.8 Å². The minimum Gasteiger partial charge on any atom is -0.387 e. The van der Waals surface area contributed by atoms with Gasteiger partial charge in [0.1, 0.15) is 5.65 Å². The molecule has 108 valence electrons. The fraction of sp³-hybridized carbons (Fsp3) is 0.235. The van der Waals surface area contributed by atoms with Crippen molar-refractivity contribution in [2.24, 2.45) is 0 Å². The number of aliphatic hydroxyl groups is 1. The average molecular weight is 301 g/mol. The van der Waals surface area contributed by atoms with Gasteiger partial charge in [-0.3, -0.25) is 4.40 Å². The molecule has 1 atom stereocenters. The first-order valence-electron chi connectivity index (χ1n) is 6.90. The molecule has 0 fully saturated rings. The van der Waals surface area contributed by atoms with Gasteiger partial charge in [-0.2, -0.15) is 0 Å². The quantitative estimate of drug-likeness (QED) is 0.765. The molecule has 1 unspecified atom stereocenters. The third-order valence-corrected chi connectivity index (χ3v) is 4.02. The maximum absolute atomic E-state index is 10.2. The lowest BCUT2D eigenvalue weighted by Crippen LogP contribution is -1.99. The van der Waals surface area contributed by atoms with Crippen LogP contribution < -0.4 is 0 Å². The van der Waals surface area contributed by atoms with Crippen molar-refractivity contribution in [1.82, 2.24) is 9.38 Å². The van der Waals surface area contributed by atoms with Gasteiger partial charge in [0.2, 0.25) is 0 Å². The van der Waals surface area contributed by atoms with E-state index < -0.39 is 6.10 Å². The molecule has 2 heterocycles. The summed E-state index contributed by atoms with van der Waals surface area (Å²) >= 11 is 6.07. The molecule has 0 aliphatic rings. The van der Waals surface area contributed by atoms with Gasteiger partial charge in [0.15, 0.2) is 0 Å². The lowest BCUT2D eigenvalue weighted by molar-refractivity contribution is 0.194. The number of aliphatic hydroxyl groups excluding tert-OH is 1. The standard InChI is InChI=1S/C17H17ClN2O/c1-10-4-5-13(8-11(10)2)16-17(12(3)21)20-9-14(18)6-7-15(20)19-16/h4-9,12,21H,1-3H3. The number of halogens is 1. The molecule has 3 nitrogen and oxygen atoms in total. The van der Waals surface area contributed by atoms with E-state index in [2.05, 4.69) is 31.0 Å². The number of aryl methyl sites for hydroxylation is 2. The van der Waals surface area contributed by atoms with E-state index in [0.717, 1.165) is 22.6 Å². The summed E-state index contributed by atoms with van der Waals surface area (Å²) < 4.78 is 1.86. The van der Waals surface area contributed by atoms with Gasteiger partial charge >= 0.3 is 0 Å². The fourth-order valence-corrected chi connectivity index (χ4v) is 2.70. The minimum atomic E-state index is -0.630. The molecule has 21 heavy (non-hydrogen) atoms. The van der Waals surface area contributed by atoms with Gasteiger partial charge in [0.25, 0.3) is 0 Å². The van der Waals surface area contributed by atoms with Crippen LogP contribution >= 0.6 is 11.6 Å². The zero-order valence-electron chi connectivity index (χ0n) is 12.3. The summed E-state index contributed by atoms with van der Waals surface area (Å²) in [5.74, 6) is 0. The summed E-state index contributed by atoms with van der Waals surface area (Å²) in [5.41, 5.74) is 5.80. The lowest BCUT2D eigenvalue weighted by Gasteiger charge is -2.09. The van der Waals surface area contributed by atoms with Gasteiger partial charge in [-0.05, 0) is 50.1 Å². The zero-order valence-corrected chi connectivity index (χ0v) is 13.0. The van der Waals surface area contributed by atoms with Crippen LogP contribution in [-0.4, -0.2) is 14.5 Å². The van der Waals surface area contributed by atoms with Crippen molar-refractivity contribution >= 4 is 17.2 Å². The highest BCUT2D eigenvalue weighted by atomic mass is 35.5. The van der Waals surface area contributed by atoms with Gasteiger partial charge in [-0.15, -0.1) is 0 Å². The highest BCUT2D eigenvalue weighted by molar-refractivity contribution is 6.30. The molecule has 4 heteroatoms. The molecular formula is C17H17ClN2O. The molecule has 1 N–H and O–H groups in total. The molecular weight excluding hydrogens is 284 g/mol. The summed E-state index contributed by atoms with van der Waals surface area (Å²) in [7, 11) is 0.